The minimum Gasteiger partial charge on any atom is -0.297 e. The number of hydrogen-bond donors (Lipinski definition) is 0. The molecule has 0 aromatic rings. The van der Waals surface area contributed by atoms with E-state index >= 15 is 0 Å². The zero-order valence-electron chi connectivity index (χ0n) is 5.70. The quantitative estimate of drug-likeness (QED) is 0.409. The summed E-state index contributed by atoms with van der Waals surface area (Å²) >= 11 is 0. The maximum absolute atomic E-state index is 10.8. The molecule has 0 N–H and O–H groups in total. The van der Waals surface area contributed by atoms with Gasteiger partial charge in [0.05, 0.1) is 9.24 Å². The predicted molar refractivity (Wildman–Crippen MR) is 38.7 cm³/mol. The fourth-order valence-corrected chi connectivity index (χ4v) is 0.889. The van der Waals surface area contributed by atoms with Crippen LogP contribution >= 0.6 is 9.24 Å². The van der Waals surface area contributed by atoms with Crippen LogP contribution in [0.2, 0.25) is 0 Å². The average molecular weight is 176 g/mol. The Bertz CT molecular complexity index is 211. The summed E-state index contributed by atoms with van der Waals surface area (Å²) in [6.07, 6.45) is 0.268. The van der Waals surface area contributed by atoms with E-state index in [0.29, 0.717) is 5.06 Å². The van der Waals surface area contributed by atoms with E-state index in [9.17, 15) is 14.4 Å². The van der Waals surface area contributed by atoms with Crippen LogP contribution in [0.5, 0.6) is 0 Å². The van der Waals surface area contributed by atoms with Crippen LogP contribution < -0.4 is 0 Å². The lowest BCUT2D eigenvalue weighted by atomic mass is 10.4. The van der Waals surface area contributed by atoms with E-state index in [1.54, 1.807) is 0 Å². The number of carbonyl (C=O) groups excluding carboxylic acids is 3. The van der Waals surface area contributed by atoms with Gasteiger partial charge in [0.15, 0.2) is 0 Å². The molecule has 0 bridgehead atoms. The molecule has 1 aliphatic heterocycles. The molecule has 1 atom stereocenters. The standard InChI is InChI=1S/C5H6NO4P/c7-3-1-2-4(8)6(3)10-5(9)11/h1-2,11H2/p+1. The van der Waals surface area contributed by atoms with Crippen LogP contribution in [-0.4, -0.2) is 22.6 Å². The monoisotopic (exact) mass is 176 g/mol. The van der Waals surface area contributed by atoms with Gasteiger partial charge in [-0.2, -0.15) is 0 Å². The normalized spacial score (nSPS) is 17.6. The minimum absolute atomic E-state index is 0.134. The highest BCUT2D eigenvalue weighted by Crippen LogP contribution is 2.13. The zero-order chi connectivity index (χ0) is 8.43. The highest BCUT2D eigenvalue weighted by atomic mass is 31.0. The summed E-state index contributed by atoms with van der Waals surface area (Å²) in [5.74, 6) is -0.898. The average Bonchev–Trinajstić information content (AvgIpc) is 2.18. The first-order valence-electron chi connectivity index (χ1n) is 3.01. The molecule has 1 unspecified atom stereocenters. The molecule has 0 spiro atoms. The first-order chi connectivity index (χ1) is 5.11. The summed E-state index contributed by atoms with van der Waals surface area (Å²) in [7, 11) is 0.946. The third kappa shape index (κ3) is 1.74. The van der Waals surface area contributed by atoms with Gasteiger partial charge in [0.25, 0.3) is 11.8 Å². The van der Waals surface area contributed by atoms with Crippen LogP contribution in [0.15, 0.2) is 0 Å². The molecular weight excluding hydrogens is 169 g/mol. The number of amides is 2. The Morgan fingerprint density at radius 2 is 1.82 bits per heavy atom. The highest BCUT2D eigenvalue weighted by Gasteiger charge is 2.32. The van der Waals surface area contributed by atoms with E-state index < -0.39 is 17.5 Å². The van der Waals surface area contributed by atoms with Crippen molar-refractivity contribution in [3.63, 3.8) is 0 Å². The van der Waals surface area contributed by atoms with Gasteiger partial charge in [-0.15, -0.1) is 0 Å². The second-order valence-corrected chi connectivity index (χ2v) is 2.62. The van der Waals surface area contributed by atoms with Gasteiger partial charge in [0.2, 0.25) is 0 Å². The number of carbonyl (C=O) groups is 3. The van der Waals surface area contributed by atoms with Gasteiger partial charge in [0.1, 0.15) is 0 Å². The van der Waals surface area contributed by atoms with Crippen molar-refractivity contribution in [3.8, 4) is 0 Å². The van der Waals surface area contributed by atoms with Crippen molar-refractivity contribution in [2.45, 2.75) is 12.8 Å². The molecule has 2 amide bonds. The van der Waals surface area contributed by atoms with Gasteiger partial charge in [-0.25, -0.2) is 4.79 Å². The van der Waals surface area contributed by atoms with Gasteiger partial charge in [-0.05, 0) is 0 Å². The molecule has 0 saturated carbocycles. The molecule has 1 fully saturated rings. The van der Waals surface area contributed by atoms with Crippen LogP contribution in [0.4, 0.5) is 4.79 Å². The lowest BCUT2D eigenvalue weighted by Crippen LogP contribution is -2.29. The lowest BCUT2D eigenvalue weighted by Gasteiger charge is -2.07. The number of rotatable bonds is 1. The molecule has 11 heavy (non-hydrogen) atoms. The summed E-state index contributed by atoms with van der Waals surface area (Å²) in [5.41, 5.74) is -0.631. The van der Waals surface area contributed by atoms with E-state index in [-0.39, 0.29) is 12.8 Å². The Morgan fingerprint density at radius 3 is 2.18 bits per heavy atom. The summed E-state index contributed by atoms with van der Waals surface area (Å²) in [6, 6.07) is 0. The molecule has 0 aromatic carbocycles. The van der Waals surface area contributed by atoms with Crippen LogP contribution in [0.1, 0.15) is 12.8 Å². The molecule has 6 heteroatoms. The van der Waals surface area contributed by atoms with Crippen LogP contribution in [-0.2, 0) is 14.4 Å². The smallest absolute Gasteiger partial charge is 0.297 e. The van der Waals surface area contributed by atoms with Crippen molar-refractivity contribution < 1.29 is 19.2 Å². The highest BCUT2D eigenvalue weighted by molar-refractivity contribution is 7.39. The Kier molecular flexibility index (Phi) is 2.19. The predicted octanol–water partition coefficient (Wildman–Crippen LogP) is -0.206. The van der Waals surface area contributed by atoms with Crippen LogP contribution in [0, 0.1) is 0 Å². The van der Waals surface area contributed by atoms with E-state index in [4.69, 9.17) is 0 Å². The van der Waals surface area contributed by atoms with Crippen LogP contribution in [0.3, 0.4) is 0 Å². The number of nitrogens with zero attached hydrogens (tertiary/aromatic N) is 1. The zero-order valence-corrected chi connectivity index (χ0v) is 7.12. The summed E-state index contributed by atoms with van der Waals surface area (Å²) in [4.78, 5) is 36.2. The van der Waals surface area contributed by atoms with Gasteiger partial charge < -0.3 is 0 Å². The van der Waals surface area contributed by atoms with E-state index in [1.807, 2.05) is 0 Å². The minimum atomic E-state index is -0.631. The van der Waals surface area contributed by atoms with Gasteiger partial charge in [-0.1, -0.05) is 5.06 Å². The van der Waals surface area contributed by atoms with Gasteiger partial charge >= 0.3 is 5.71 Å². The van der Waals surface area contributed by atoms with Crippen LogP contribution in [0.25, 0.3) is 0 Å². The third-order valence-corrected chi connectivity index (χ3v) is 1.33. The molecule has 0 radical (unpaired) electrons. The molecule has 1 rings (SSSR count). The Hall–Kier alpha value is -0.960. The Labute approximate surface area is 64.8 Å². The summed E-state index contributed by atoms with van der Waals surface area (Å²) in [5, 5.41) is 0.523. The fourth-order valence-electron chi connectivity index (χ4n) is 0.760. The van der Waals surface area contributed by atoms with Gasteiger partial charge in [-0.3, -0.25) is 14.4 Å². The second kappa shape index (κ2) is 2.96. The van der Waals surface area contributed by atoms with Crippen molar-refractivity contribution in [1.82, 2.24) is 5.06 Å². The number of imide groups is 1. The van der Waals surface area contributed by atoms with Gasteiger partial charge in [0, 0.05) is 12.8 Å². The first kappa shape index (κ1) is 8.14. The molecule has 0 aromatic heterocycles. The van der Waals surface area contributed by atoms with Crippen molar-refractivity contribution in [3.05, 3.63) is 0 Å². The number of hydrogen-bond acceptors (Lipinski definition) is 4. The Morgan fingerprint density at radius 1 is 1.36 bits per heavy atom. The maximum atomic E-state index is 10.8. The SMILES string of the molecule is O=C([PH3+])ON1C(=O)CCC1=O. The van der Waals surface area contributed by atoms with Crippen molar-refractivity contribution >= 4 is 26.8 Å². The summed E-state index contributed by atoms with van der Waals surface area (Å²) < 4.78 is 0. The molecule has 60 valence electrons. The van der Waals surface area contributed by atoms with E-state index in [1.165, 1.54) is 0 Å². The fraction of sp³-hybridized carbons (Fsp3) is 0.400. The first-order valence-corrected chi connectivity index (χ1v) is 3.71. The summed E-state index contributed by atoms with van der Waals surface area (Å²) in [6.45, 7) is 0. The van der Waals surface area contributed by atoms with Crippen molar-refractivity contribution in [1.29, 1.82) is 0 Å². The topological polar surface area (TPSA) is 63.7 Å². The van der Waals surface area contributed by atoms with Crippen molar-refractivity contribution in [2.24, 2.45) is 0 Å². The molecular formula is C5H7NO4P+. The van der Waals surface area contributed by atoms with Crippen molar-refractivity contribution in [2.75, 3.05) is 0 Å². The molecule has 1 heterocycles. The third-order valence-electron chi connectivity index (χ3n) is 1.20. The lowest BCUT2D eigenvalue weighted by molar-refractivity contribution is -0.169. The van der Waals surface area contributed by atoms with E-state index in [2.05, 4.69) is 4.84 Å². The number of hydroxylamine groups is 2. The second-order valence-electron chi connectivity index (χ2n) is 2.05. The Balaban J connectivity index is 2.62. The molecule has 1 saturated heterocycles. The molecule has 0 aliphatic carbocycles. The largest absolute Gasteiger partial charge is 0.467 e. The maximum Gasteiger partial charge on any atom is 0.467 e. The molecule has 5 nitrogen and oxygen atoms in total. The molecule has 1 aliphatic rings. The van der Waals surface area contributed by atoms with E-state index in [0.717, 1.165) is 9.24 Å².